The highest BCUT2D eigenvalue weighted by Crippen LogP contribution is 2.24. The molecular weight excluding hydrogens is 266 g/mol. The van der Waals surface area contributed by atoms with Crippen molar-refractivity contribution in [3.63, 3.8) is 0 Å². The van der Waals surface area contributed by atoms with Crippen LogP contribution in [-0.4, -0.2) is 12.0 Å². The predicted molar refractivity (Wildman–Crippen MR) is 75.1 cm³/mol. The number of nitriles is 1. The number of aryl methyl sites for hydroxylation is 1. The summed E-state index contributed by atoms with van der Waals surface area (Å²) in [7, 11) is 1.94. The summed E-state index contributed by atoms with van der Waals surface area (Å²) in [6.45, 7) is 2.66. The van der Waals surface area contributed by atoms with Gasteiger partial charge in [-0.25, -0.2) is 4.98 Å². The van der Waals surface area contributed by atoms with Gasteiger partial charge in [0.25, 0.3) is 0 Å². The Bertz CT molecular complexity index is 601. The molecule has 0 atom stereocenters. The summed E-state index contributed by atoms with van der Waals surface area (Å²) in [5.74, 6) is 0. The first-order valence-corrected chi connectivity index (χ1v) is 6.67. The molecule has 0 aliphatic carbocycles. The zero-order valence-corrected chi connectivity index (χ0v) is 11.7. The fourth-order valence-corrected chi connectivity index (χ4v) is 2.52. The van der Waals surface area contributed by atoms with Crippen molar-refractivity contribution in [2.45, 2.75) is 13.5 Å². The highest BCUT2D eigenvalue weighted by atomic mass is 35.5. The Labute approximate surface area is 115 Å². The van der Waals surface area contributed by atoms with Crippen LogP contribution in [0.25, 0.3) is 0 Å². The van der Waals surface area contributed by atoms with E-state index >= 15 is 0 Å². The Morgan fingerprint density at radius 3 is 2.89 bits per heavy atom. The van der Waals surface area contributed by atoms with Gasteiger partial charge in [0.2, 0.25) is 0 Å². The average Bonchev–Trinajstić information content (AvgIpc) is 2.74. The van der Waals surface area contributed by atoms with Crippen LogP contribution < -0.4 is 4.90 Å². The number of hydrogen-bond acceptors (Lipinski definition) is 4. The first-order valence-electron chi connectivity index (χ1n) is 5.42. The van der Waals surface area contributed by atoms with Crippen LogP contribution in [0.2, 0.25) is 5.02 Å². The molecule has 0 spiro atoms. The number of rotatable bonds is 3. The summed E-state index contributed by atoms with van der Waals surface area (Å²) in [5, 5.41) is 12.8. The molecule has 0 saturated carbocycles. The molecule has 0 N–H and O–H groups in total. The van der Waals surface area contributed by atoms with Crippen LogP contribution in [-0.2, 0) is 6.54 Å². The van der Waals surface area contributed by atoms with Gasteiger partial charge in [0.15, 0.2) is 0 Å². The molecule has 0 radical (unpaired) electrons. The summed E-state index contributed by atoms with van der Waals surface area (Å²) in [4.78, 5) is 6.42. The fraction of sp³-hybridized carbons (Fsp3) is 0.231. The molecule has 1 aromatic heterocycles. The van der Waals surface area contributed by atoms with Crippen molar-refractivity contribution in [2.24, 2.45) is 0 Å². The molecule has 1 aromatic carbocycles. The molecule has 0 saturated heterocycles. The van der Waals surface area contributed by atoms with Gasteiger partial charge in [-0.3, -0.25) is 0 Å². The summed E-state index contributed by atoms with van der Waals surface area (Å²) in [5.41, 5.74) is 2.46. The van der Waals surface area contributed by atoms with Gasteiger partial charge in [0.05, 0.1) is 28.5 Å². The van der Waals surface area contributed by atoms with Gasteiger partial charge in [-0.05, 0) is 25.1 Å². The average molecular weight is 278 g/mol. The molecule has 2 rings (SSSR count). The van der Waals surface area contributed by atoms with Gasteiger partial charge in [-0.2, -0.15) is 5.26 Å². The number of anilines is 1. The Morgan fingerprint density at radius 2 is 2.28 bits per heavy atom. The molecule has 0 amide bonds. The van der Waals surface area contributed by atoms with Crippen molar-refractivity contribution in [3.8, 4) is 6.07 Å². The predicted octanol–water partition coefficient (Wildman–Crippen LogP) is 3.61. The maximum atomic E-state index is 9.11. The smallest absolute Gasteiger partial charge is 0.101 e. The summed E-state index contributed by atoms with van der Waals surface area (Å²) in [6.07, 6.45) is 0. The van der Waals surface area contributed by atoms with Crippen molar-refractivity contribution in [1.29, 1.82) is 5.26 Å². The Kier molecular flexibility index (Phi) is 3.85. The second kappa shape index (κ2) is 5.38. The third-order valence-electron chi connectivity index (χ3n) is 2.56. The Balaban J connectivity index is 2.24. The van der Waals surface area contributed by atoms with E-state index in [0.29, 0.717) is 17.1 Å². The van der Waals surface area contributed by atoms with Crippen LogP contribution in [0.3, 0.4) is 0 Å². The van der Waals surface area contributed by atoms with Crippen molar-refractivity contribution >= 4 is 28.6 Å². The van der Waals surface area contributed by atoms with E-state index < -0.39 is 0 Å². The molecule has 0 fully saturated rings. The SMILES string of the molecule is Cc1nc(CN(C)c2ccc(Cl)cc2C#N)cs1. The Morgan fingerprint density at radius 1 is 1.50 bits per heavy atom. The lowest BCUT2D eigenvalue weighted by atomic mass is 10.2. The number of halogens is 1. The van der Waals surface area contributed by atoms with Crippen molar-refractivity contribution in [2.75, 3.05) is 11.9 Å². The van der Waals surface area contributed by atoms with Crippen molar-refractivity contribution < 1.29 is 0 Å². The molecule has 0 bridgehead atoms. The first kappa shape index (κ1) is 12.9. The second-order valence-corrected chi connectivity index (χ2v) is 5.49. The molecule has 1 heterocycles. The highest BCUT2D eigenvalue weighted by molar-refractivity contribution is 7.09. The lowest BCUT2D eigenvalue weighted by Crippen LogP contribution is -2.17. The van der Waals surface area contributed by atoms with Gasteiger partial charge >= 0.3 is 0 Å². The van der Waals surface area contributed by atoms with E-state index in [0.717, 1.165) is 16.4 Å². The molecule has 3 nitrogen and oxygen atoms in total. The molecule has 0 unspecified atom stereocenters. The van der Waals surface area contributed by atoms with Crippen LogP contribution in [0.15, 0.2) is 23.6 Å². The van der Waals surface area contributed by atoms with Crippen LogP contribution in [0.1, 0.15) is 16.3 Å². The maximum Gasteiger partial charge on any atom is 0.101 e. The number of thiazole rings is 1. The van der Waals surface area contributed by atoms with Gasteiger partial charge < -0.3 is 4.90 Å². The largest absolute Gasteiger partial charge is 0.368 e. The zero-order valence-electron chi connectivity index (χ0n) is 10.1. The van der Waals surface area contributed by atoms with Crippen molar-refractivity contribution in [1.82, 2.24) is 4.98 Å². The van der Waals surface area contributed by atoms with Gasteiger partial charge in [-0.15, -0.1) is 11.3 Å². The summed E-state index contributed by atoms with van der Waals surface area (Å²) in [6, 6.07) is 7.50. The molecule has 18 heavy (non-hydrogen) atoms. The maximum absolute atomic E-state index is 9.11. The van der Waals surface area contributed by atoms with E-state index in [1.54, 1.807) is 23.5 Å². The minimum atomic E-state index is 0.577. The van der Waals surface area contributed by atoms with E-state index in [9.17, 15) is 0 Å². The van der Waals surface area contributed by atoms with Gasteiger partial charge in [0, 0.05) is 17.5 Å². The van der Waals surface area contributed by atoms with Crippen LogP contribution in [0, 0.1) is 18.3 Å². The molecule has 0 aliphatic heterocycles. The highest BCUT2D eigenvalue weighted by Gasteiger charge is 2.09. The quantitative estimate of drug-likeness (QED) is 0.860. The summed E-state index contributed by atoms with van der Waals surface area (Å²) >= 11 is 7.51. The molecule has 0 aliphatic rings. The normalized spacial score (nSPS) is 10.1. The minimum Gasteiger partial charge on any atom is -0.368 e. The number of nitrogens with zero attached hydrogens (tertiary/aromatic N) is 3. The molecular formula is C13H12ClN3S. The van der Waals surface area contributed by atoms with Crippen molar-refractivity contribution in [3.05, 3.63) is 44.9 Å². The summed E-state index contributed by atoms with van der Waals surface area (Å²) < 4.78 is 0. The van der Waals surface area contributed by atoms with E-state index in [1.807, 2.05) is 30.3 Å². The monoisotopic (exact) mass is 277 g/mol. The van der Waals surface area contributed by atoms with Crippen LogP contribution in [0.5, 0.6) is 0 Å². The van der Waals surface area contributed by atoms with Crippen LogP contribution >= 0.6 is 22.9 Å². The third-order valence-corrected chi connectivity index (χ3v) is 3.61. The lowest BCUT2D eigenvalue weighted by Gasteiger charge is -2.19. The number of benzene rings is 1. The second-order valence-electron chi connectivity index (χ2n) is 3.99. The third kappa shape index (κ3) is 2.81. The van der Waals surface area contributed by atoms with E-state index in [1.165, 1.54) is 0 Å². The molecule has 92 valence electrons. The molecule has 2 aromatic rings. The van der Waals surface area contributed by atoms with Gasteiger partial charge in [0.1, 0.15) is 6.07 Å². The number of aromatic nitrogens is 1. The molecule has 5 heteroatoms. The zero-order chi connectivity index (χ0) is 13.1. The lowest BCUT2D eigenvalue weighted by molar-refractivity contribution is 0.888. The first-order chi connectivity index (χ1) is 8.60. The standard InChI is InChI=1S/C13H12ClN3S/c1-9-16-12(8-18-9)7-17(2)13-4-3-11(14)5-10(13)6-15/h3-5,8H,7H2,1-2H3. The van der Waals surface area contributed by atoms with Crippen LogP contribution in [0.4, 0.5) is 5.69 Å². The van der Waals surface area contributed by atoms with Gasteiger partial charge in [-0.1, -0.05) is 11.6 Å². The fourth-order valence-electron chi connectivity index (χ4n) is 1.74. The van der Waals surface area contributed by atoms with E-state index in [2.05, 4.69) is 11.1 Å². The van der Waals surface area contributed by atoms with E-state index in [4.69, 9.17) is 16.9 Å². The Hall–Kier alpha value is -1.57. The minimum absolute atomic E-state index is 0.577. The number of hydrogen-bond donors (Lipinski definition) is 0. The van der Waals surface area contributed by atoms with E-state index in [-0.39, 0.29) is 0 Å². The topological polar surface area (TPSA) is 39.9 Å².